The molecule has 0 aliphatic rings. The summed E-state index contributed by atoms with van der Waals surface area (Å²) in [6.07, 6.45) is 1.48. The van der Waals surface area contributed by atoms with E-state index < -0.39 is 0 Å². The lowest BCUT2D eigenvalue weighted by Gasteiger charge is -2.08. The van der Waals surface area contributed by atoms with Crippen molar-refractivity contribution in [1.82, 2.24) is 47.8 Å². The summed E-state index contributed by atoms with van der Waals surface area (Å²) >= 11 is 6.69. The van der Waals surface area contributed by atoms with Gasteiger partial charge in [0, 0.05) is 126 Å². The average Bonchev–Trinajstić information content (AvgIpc) is 1.63. The van der Waals surface area contributed by atoms with Gasteiger partial charge in [0.05, 0.1) is 134 Å². The third-order valence-electron chi connectivity index (χ3n) is 28.7. The molecule has 0 amide bonds. The SMILES string of the molecule is c1ccc2c(c1)oc1c2ccc2c1c1ccccc1n2-c1ccc2ncsc2c1.c1ccc2c(c1)oc1c2ccc2c1c1ccccc1n2-c1ccc2ocnc2c1.c1ccc2c(c1)oc1cc3c(cc12)c1ccccc1n3-c1ccc2ncsc2c1.c1ccc2c(c1)oc1ccc3c(c4ccccc4n3-c3ccc4ncsc4c3)c12.c1ccc2c(c1)oc1ccc3c4ccccc4n(-c4ccc5ncsc5c4)c3c12. The van der Waals surface area contributed by atoms with Gasteiger partial charge >= 0.3 is 0 Å². The zero-order valence-electron chi connectivity index (χ0n) is 76.5. The topological polar surface area (TPSA) is 168 Å². The zero-order chi connectivity index (χ0) is 94.7. The first-order chi connectivity index (χ1) is 71.9. The quantitative estimate of drug-likeness (QED) is 0.161. The van der Waals surface area contributed by atoms with E-state index in [2.05, 4.69) is 375 Å². The maximum Gasteiger partial charge on any atom is 0.181 e. The minimum atomic E-state index is 0.786. The molecule has 145 heavy (non-hydrogen) atoms. The number of nitrogens with zero attached hydrogens (tertiary/aromatic N) is 10. The summed E-state index contributed by atoms with van der Waals surface area (Å²) in [6, 6.07) is 138. The van der Waals surface area contributed by atoms with Crippen LogP contribution in [-0.2, 0) is 0 Å². The van der Waals surface area contributed by atoms with E-state index in [9.17, 15) is 0 Å². The summed E-state index contributed by atoms with van der Waals surface area (Å²) < 4.78 is 53.1. The van der Waals surface area contributed by atoms with Crippen LogP contribution in [0, 0.1) is 0 Å². The number of furan rings is 5. The molecule has 15 aromatic heterocycles. The Bertz CT molecular complexity index is 11200. The van der Waals surface area contributed by atoms with Crippen molar-refractivity contribution in [2.24, 2.45) is 0 Å². The van der Waals surface area contributed by atoms with E-state index in [0.717, 1.165) is 188 Å². The number of fused-ring (bicyclic) bond motifs is 39. The molecule has 0 unspecified atom stereocenters. The normalized spacial score (nSPS) is 12.1. The van der Waals surface area contributed by atoms with Gasteiger partial charge in [0.25, 0.3) is 0 Å². The summed E-state index contributed by atoms with van der Waals surface area (Å²) in [6.45, 7) is 0. The van der Waals surface area contributed by atoms with Crippen LogP contribution in [0.15, 0.2) is 449 Å². The van der Waals surface area contributed by atoms with Crippen molar-refractivity contribution in [3.05, 3.63) is 423 Å². The maximum absolute atomic E-state index is 6.36. The van der Waals surface area contributed by atoms with E-state index in [1.165, 1.54) is 118 Å². The van der Waals surface area contributed by atoms with E-state index in [4.69, 9.17) is 26.5 Å². The Labute approximate surface area is 835 Å². The standard InChI is InChI=1S/C25H14N2O2.4C25H14N2OS/c1-3-7-20-18(6-1)24-21(27(20)15-9-12-23-19(13-15)26-14-28-23)11-10-17-16-5-2-4-8-22(16)29-25(17)24;1-3-7-20-18(6-1)24-21(27(20)15-9-11-19-23(13-15)29-14-26-19)12-10-17-16-5-2-4-8-22(16)28-25(17)24;1-3-7-20-16(5-1)17-10-12-22-24(18-6-2-4-8-21(18)28-22)25(17)27(20)15-9-11-19-23(13-15)29-14-26-19;1-3-7-21-16(5-1)18-12-19-17-6-2-4-8-23(17)28-24(19)13-22(18)27(21)15-9-10-20-25(11-15)29-14-26-20;1-3-7-19-16(5-1)24-20(27(19)15-9-10-18-23(13-15)29-14-26-18)11-12-22-25(24)17-6-2-4-8-21(17)28-22/h5*1-14H. The van der Waals surface area contributed by atoms with Gasteiger partial charge in [0.1, 0.15) is 61.3 Å². The molecule has 0 atom stereocenters. The van der Waals surface area contributed by atoms with Gasteiger partial charge in [-0.05, 0) is 206 Å². The Morgan fingerprint density at radius 2 is 0.503 bits per heavy atom. The largest absolute Gasteiger partial charge is 0.456 e. The molecule has 20 heteroatoms. The second-order valence-electron chi connectivity index (χ2n) is 36.5. The van der Waals surface area contributed by atoms with Gasteiger partial charge < -0.3 is 49.3 Å². The number of aromatic nitrogens is 10. The van der Waals surface area contributed by atoms with E-state index >= 15 is 0 Å². The number of para-hydroxylation sites is 10. The summed E-state index contributed by atoms with van der Waals surface area (Å²) in [4.78, 5) is 22.1. The van der Waals surface area contributed by atoms with Gasteiger partial charge in [0.2, 0.25) is 0 Å². The van der Waals surface area contributed by atoms with E-state index in [0.29, 0.717) is 0 Å². The lowest BCUT2D eigenvalue weighted by molar-refractivity contribution is 0.602. The van der Waals surface area contributed by atoms with Gasteiger partial charge in [-0.15, -0.1) is 45.3 Å². The van der Waals surface area contributed by atoms with Gasteiger partial charge in [-0.25, -0.2) is 24.9 Å². The molecule has 680 valence electrons. The fourth-order valence-corrected chi connectivity index (χ4v) is 25.3. The summed E-state index contributed by atoms with van der Waals surface area (Å²) in [5.41, 5.74) is 40.0. The van der Waals surface area contributed by atoms with Crippen molar-refractivity contribution in [3.63, 3.8) is 0 Å². The Hall–Kier alpha value is -18.6. The number of rotatable bonds is 5. The summed E-state index contributed by atoms with van der Waals surface area (Å²) in [5.74, 6) is 0. The van der Waals surface area contributed by atoms with Gasteiger partial charge in [0.15, 0.2) is 12.0 Å². The molecule has 0 fully saturated rings. The Balaban J connectivity index is 0.0000000825. The fourth-order valence-electron chi connectivity index (χ4n) is 22.5. The molecule has 0 bridgehead atoms. The highest BCUT2D eigenvalue weighted by atomic mass is 32.1. The van der Waals surface area contributed by atoms with Crippen molar-refractivity contribution in [2.75, 3.05) is 0 Å². The predicted molar refractivity (Wildman–Crippen MR) is 601 cm³/mol. The van der Waals surface area contributed by atoms with Crippen molar-refractivity contribution < 1.29 is 26.5 Å². The first-order valence-electron chi connectivity index (χ1n) is 47.8. The smallest absolute Gasteiger partial charge is 0.181 e. The van der Waals surface area contributed by atoms with E-state index in [1.807, 2.05) is 88.8 Å². The van der Waals surface area contributed by atoms with Gasteiger partial charge in [-0.2, -0.15) is 0 Å². The number of benzene rings is 20. The second-order valence-corrected chi connectivity index (χ2v) is 40.0. The Morgan fingerprint density at radius 3 is 1.00 bits per heavy atom. The summed E-state index contributed by atoms with van der Waals surface area (Å²) in [5, 5.41) is 23.7. The zero-order valence-corrected chi connectivity index (χ0v) is 79.7. The van der Waals surface area contributed by atoms with Crippen LogP contribution in [0.3, 0.4) is 0 Å². The number of oxazole rings is 1. The first-order valence-corrected chi connectivity index (χ1v) is 51.3. The van der Waals surface area contributed by atoms with Crippen LogP contribution in [0.2, 0.25) is 0 Å². The molecule has 35 aromatic rings. The molecule has 0 saturated carbocycles. The fraction of sp³-hybridized carbons (Fsp3) is 0. The predicted octanol–water partition coefficient (Wildman–Crippen LogP) is 36.0. The van der Waals surface area contributed by atoms with Crippen LogP contribution >= 0.6 is 45.3 Å². The van der Waals surface area contributed by atoms with Crippen molar-refractivity contribution in [2.45, 2.75) is 0 Å². The highest BCUT2D eigenvalue weighted by Gasteiger charge is 2.27. The van der Waals surface area contributed by atoms with Crippen LogP contribution in [0.25, 0.3) is 299 Å². The van der Waals surface area contributed by atoms with Gasteiger partial charge in [-0.1, -0.05) is 182 Å². The molecule has 0 spiro atoms. The highest BCUT2D eigenvalue weighted by molar-refractivity contribution is 7.17. The molecule has 0 saturated heterocycles. The van der Waals surface area contributed by atoms with Gasteiger partial charge in [-0.3, -0.25) is 0 Å². The van der Waals surface area contributed by atoms with Crippen LogP contribution < -0.4 is 0 Å². The van der Waals surface area contributed by atoms with Crippen molar-refractivity contribution in [3.8, 4) is 28.4 Å². The molecule has 0 radical (unpaired) electrons. The second kappa shape index (κ2) is 32.0. The Kier molecular flexibility index (Phi) is 17.9. The Morgan fingerprint density at radius 1 is 0.172 bits per heavy atom. The van der Waals surface area contributed by atoms with Crippen LogP contribution in [0.5, 0.6) is 0 Å². The van der Waals surface area contributed by atoms with Crippen LogP contribution in [-0.4, -0.2) is 47.8 Å². The van der Waals surface area contributed by atoms with Crippen LogP contribution in [0.1, 0.15) is 0 Å². The summed E-state index contributed by atoms with van der Waals surface area (Å²) in [7, 11) is 0. The highest BCUT2D eigenvalue weighted by Crippen LogP contribution is 2.49. The third kappa shape index (κ3) is 12.5. The molecule has 0 aliphatic carbocycles. The third-order valence-corrected chi connectivity index (χ3v) is 31.9. The lowest BCUT2D eigenvalue weighted by Crippen LogP contribution is -1.93. The first kappa shape index (κ1) is 81.3. The molecule has 35 rings (SSSR count). The van der Waals surface area contributed by atoms with Crippen molar-refractivity contribution >= 4 is 316 Å². The minimum Gasteiger partial charge on any atom is -0.456 e. The molecule has 20 aromatic carbocycles. The van der Waals surface area contributed by atoms with E-state index in [-0.39, 0.29) is 0 Å². The molecule has 15 heterocycles. The van der Waals surface area contributed by atoms with Crippen molar-refractivity contribution in [1.29, 1.82) is 0 Å². The minimum absolute atomic E-state index is 0.786. The molecule has 0 N–H and O–H groups in total. The maximum atomic E-state index is 6.36. The monoisotopic (exact) mass is 1930 g/mol. The molecule has 16 nitrogen and oxygen atoms in total. The lowest BCUT2D eigenvalue weighted by atomic mass is 10.1. The average molecular weight is 1940 g/mol. The molecular formula is C125H70N10O6S4. The number of thiazole rings is 4. The molecular weight excluding hydrogens is 1870 g/mol. The van der Waals surface area contributed by atoms with E-state index in [1.54, 1.807) is 45.3 Å². The molecule has 0 aliphatic heterocycles. The number of hydrogen-bond acceptors (Lipinski definition) is 15. The van der Waals surface area contributed by atoms with Crippen LogP contribution in [0.4, 0.5) is 0 Å². The number of hydrogen-bond donors (Lipinski definition) is 0.